The Bertz CT molecular complexity index is 472. The molecule has 0 unspecified atom stereocenters. The van der Waals surface area contributed by atoms with Crippen molar-refractivity contribution in [3.63, 3.8) is 0 Å². The van der Waals surface area contributed by atoms with Gasteiger partial charge in [0.05, 0.1) is 22.8 Å². The zero-order valence-corrected chi connectivity index (χ0v) is 8.05. The minimum atomic E-state index is -0.392. The summed E-state index contributed by atoms with van der Waals surface area (Å²) < 4.78 is 14.0. The SMILES string of the molecule is Nc1cnnc2cc(Br)cc(F)c12. The number of hydrogen-bond acceptors (Lipinski definition) is 3. The van der Waals surface area contributed by atoms with E-state index in [-0.39, 0.29) is 0 Å². The van der Waals surface area contributed by atoms with Crippen LogP contribution in [0.5, 0.6) is 0 Å². The fourth-order valence-corrected chi connectivity index (χ4v) is 1.56. The van der Waals surface area contributed by atoms with E-state index in [1.54, 1.807) is 6.07 Å². The maximum atomic E-state index is 13.3. The van der Waals surface area contributed by atoms with E-state index < -0.39 is 5.82 Å². The van der Waals surface area contributed by atoms with Gasteiger partial charge in [-0.2, -0.15) is 10.2 Å². The van der Waals surface area contributed by atoms with E-state index in [9.17, 15) is 4.39 Å². The zero-order chi connectivity index (χ0) is 9.42. The Hall–Kier alpha value is -1.23. The van der Waals surface area contributed by atoms with E-state index in [0.29, 0.717) is 21.1 Å². The third kappa shape index (κ3) is 1.35. The standard InChI is InChI=1S/C8H5BrFN3/c9-4-1-5(10)8-6(11)3-12-13-7(8)2-4/h1-3H,(H2,11,13). The molecule has 13 heavy (non-hydrogen) atoms. The molecule has 0 saturated heterocycles. The smallest absolute Gasteiger partial charge is 0.135 e. The van der Waals surface area contributed by atoms with Gasteiger partial charge in [0.15, 0.2) is 0 Å². The molecule has 2 rings (SSSR count). The number of nitrogens with two attached hydrogens (primary N) is 1. The van der Waals surface area contributed by atoms with Crippen LogP contribution in [0.1, 0.15) is 0 Å². The van der Waals surface area contributed by atoms with Crippen LogP contribution in [0.15, 0.2) is 22.8 Å². The summed E-state index contributed by atoms with van der Waals surface area (Å²) >= 11 is 3.16. The third-order valence-corrected chi connectivity index (χ3v) is 2.14. The summed E-state index contributed by atoms with van der Waals surface area (Å²) in [5, 5.41) is 7.71. The molecular formula is C8H5BrFN3. The molecule has 2 aromatic rings. The third-order valence-electron chi connectivity index (χ3n) is 1.69. The number of rotatable bonds is 0. The Labute approximate surface area is 81.9 Å². The van der Waals surface area contributed by atoms with E-state index in [1.807, 2.05) is 0 Å². The van der Waals surface area contributed by atoms with Gasteiger partial charge in [-0.05, 0) is 12.1 Å². The van der Waals surface area contributed by atoms with Crippen LogP contribution in [-0.2, 0) is 0 Å². The monoisotopic (exact) mass is 241 g/mol. The van der Waals surface area contributed by atoms with Gasteiger partial charge in [-0.1, -0.05) is 15.9 Å². The van der Waals surface area contributed by atoms with E-state index in [2.05, 4.69) is 26.1 Å². The molecule has 0 spiro atoms. The normalized spacial score (nSPS) is 10.6. The number of hydrogen-bond donors (Lipinski definition) is 1. The van der Waals surface area contributed by atoms with Gasteiger partial charge in [-0.15, -0.1) is 0 Å². The molecule has 66 valence electrons. The van der Waals surface area contributed by atoms with Gasteiger partial charge >= 0.3 is 0 Å². The Balaban J connectivity index is 2.94. The highest BCUT2D eigenvalue weighted by Crippen LogP contribution is 2.24. The summed E-state index contributed by atoms with van der Waals surface area (Å²) in [5.41, 5.74) is 6.30. The molecule has 0 fully saturated rings. The fourth-order valence-electron chi connectivity index (χ4n) is 1.14. The number of fused-ring (bicyclic) bond motifs is 1. The molecule has 1 heterocycles. The Morgan fingerprint density at radius 1 is 1.38 bits per heavy atom. The van der Waals surface area contributed by atoms with Crippen molar-refractivity contribution in [2.75, 3.05) is 5.73 Å². The van der Waals surface area contributed by atoms with Crippen molar-refractivity contribution in [2.24, 2.45) is 0 Å². The minimum Gasteiger partial charge on any atom is -0.397 e. The summed E-state index contributed by atoms with van der Waals surface area (Å²) in [7, 11) is 0. The van der Waals surface area contributed by atoms with Gasteiger partial charge in [0, 0.05) is 4.47 Å². The van der Waals surface area contributed by atoms with Gasteiger partial charge in [0.1, 0.15) is 5.82 Å². The van der Waals surface area contributed by atoms with Crippen LogP contribution in [0, 0.1) is 5.82 Å². The molecule has 0 aliphatic carbocycles. The average molecular weight is 242 g/mol. The van der Waals surface area contributed by atoms with Crippen LogP contribution >= 0.6 is 15.9 Å². The first kappa shape index (κ1) is 8.37. The van der Waals surface area contributed by atoms with Crippen molar-refractivity contribution < 1.29 is 4.39 Å². The number of halogens is 2. The van der Waals surface area contributed by atoms with Gasteiger partial charge in [-0.25, -0.2) is 4.39 Å². The van der Waals surface area contributed by atoms with Gasteiger partial charge < -0.3 is 5.73 Å². The lowest BCUT2D eigenvalue weighted by Crippen LogP contribution is -1.94. The van der Waals surface area contributed by atoms with E-state index in [1.165, 1.54) is 12.3 Å². The summed E-state index contributed by atoms with van der Waals surface area (Å²) in [6, 6.07) is 3.02. The first-order valence-electron chi connectivity index (χ1n) is 3.54. The first-order valence-corrected chi connectivity index (χ1v) is 4.33. The maximum absolute atomic E-state index is 13.3. The van der Waals surface area contributed by atoms with Gasteiger partial charge in [0.25, 0.3) is 0 Å². The van der Waals surface area contributed by atoms with Crippen molar-refractivity contribution in [1.29, 1.82) is 0 Å². The van der Waals surface area contributed by atoms with Gasteiger partial charge in [0.2, 0.25) is 0 Å². The van der Waals surface area contributed by atoms with Crippen LogP contribution in [0.25, 0.3) is 10.9 Å². The number of nitrogens with zero attached hydrogens (tertiary/aromatic N) is 2. The summed E-state index contributed by atoms with van der Waals surface area (Å²) in [4.78, 5) is 0. The second-order valence-corrected chi connectivity index (χ2v) is 3.50. The molecule has 1 aromatic carbocycles. The molecule has 3 nitrogen and oxygen atoms in total. The Morgan fingerprint density at radius 3 is 2.92 bits per heavy atom. The maximum Gasteiger partial charge on any atom is 0.135 e. The topological polar surface area (TPSA) is 51.8 Å². The van der Waals surface area contributed by atoms with Crippen LogP contribution in [0.2, 0.25) is 0 Å². The minimum absolute atomic E-state index is 0.301. The molecule has 1 aromatic heterocycles. The summed E-state index contributed by atoms with van der Waals surface area (Å²) in [5.74, 6) is -0.392. The quantitative estimate of drug-likeness (QED) is 0.769. The number of benzene rings is 1. The largest absolute Gasteiger partial charge is 0.397 e. The van der Waals surface area contributed by atoms with Crippen molar-refractivity contribution in [3.8, 4) is 0 Å². The van der Waals surface area contributed by atoms with Gasteiger partial charge in [-0.3, -0.25) is 0 Å². The second kappa shape index (κ2) is 2.92. The van der Waals surface area contributed by atoms with Crippen LogP contribution in [0.3, 0.4) is 0 Å². The zero-order valence-electron chi connectivity index (χ0n) is 6.46. The average Bonchev–Trinajstić information content (AvgIpc) is 2.02. The molecule has 5 heteroatoms. The van der Waals surface area contributed by atoms with Crippen molar-refractivity contribution in [2.45, 2.75) is 0 Å². The lowest BCUT2D eigenvalue weighted by atomic mass is 10.2. The Kier molecular flexibility index (Phi) is 1.88. The number of nitrogen functional groups attached to an aromatic ring is 1. The summed E-state index contributed by atoms with van der Waals surface area (Å²) in [6.45, 7) is 0. The molecule has 0 amide bonds. The Morgan fingerprint density at radius 2 is 2.15 bits per heavy atom. The number of aromatic nitrogens is 2. The highest BCUT2D eigenvalue weighted by atomic mass is 79.9. The molecular weight excluding hydrogens is 237 g/mol. The van der Waals surface area contributed by atoms with Crippen LogP contribution in [0.4, 0.5) is 10.1 Å². The van der Waals surface area contributed by atoms with E-state index in [4.69, 9.17) is 5.73 Å². The molecule has 0 bridgehead atoms. The highest BCUT2D eigenvalue weighted by Gasteiger charge is 2.06. The van der Waals surface area contributed by atoms with Crippen LogP contribution in [-0.4, -0.2) is 10.2 Å². The summed E-state index contributed by atoms with van der Waals surface area (Å²) in [6.07, 6.45) is 1.33. The van der Waals surface area contributed by atoms with Crippen molar-refractivity contribution in [3.05, 3.63) is 28.6 Å². The molecule has 2 N–H and O–H groups in total. The lowest BCUT2D eigenvalue weighted by Gasteiger charge is -2.01. The predicted molar refractivity (Wildman–Crippen MR) is 51.6 cm³/mol. The van der Waals surface area contributed by atoms with Crippen molar-refractivity contribution in [1.82, 2.24) is 10.2 Å². The molecule has 0 aliphatic heterocycles. The van der Waals surface area contributed by atoms with Crippen molar-refractivity contribution >= 4 is 32.5 Å². The molecule has 0 radical (unpaired) electrons. The second-order valence-electron chi connectivity index (χ2n) is 2.58. The molecule has 0 aliphatic rings. The fraction of sp³-hybridized carbons (Fsp3) is 0. The van der Waals surface area contributed by atoms with Crippen LogP contribution < -0.4 is 5.73 Å². The molecule has 0 saturated carbocycles. The molecule has 0 atom stereocenters. The van der Waals surface area contributed by atoms with E-state index in [0.717, 1.165) is 0 Å². The lowest BCUT2D eigenvalue weighted by molar-refractivity contribution is 0.639. The predicted octanol–water partition coefficient (Wildman–Crippen LogP) is 2.11. The first-order chi connectivity index (χ1) is 6.18. The number of anilines is 1. The highest BCUT2D eigenvalue weighted by molar-refractivity contribution is 9.10. The van der Waals surface area contributed by atoms with E-state index >= 15 is 0 Å².